The molecule has 0 radical (unpaired) electrons. The number of rotatable bonds is 4. The van der Waals surface area contributed by atoms with E-state index in [1.54, 1.807) is 38.7 Å². The molecular weight excluding hydrogens is 318 g/mol. The number of likely N-dealkylation sites (N-methyl/N-ethyl adjacent to an activating group) is 1. The fourth-order valence-electron chi connectivity index (χ4n) is 2.80. The highest BCUT2D eigenvalue weighted by Crippen LogP contribution is 2.19. The van der Waals surface area contributed by atoms with Crippen LogP contribution in [0.25, 0.3) is 16.6 Å². The van der Waals surface area contributed by atoms with Crippen molar-refractivity contribution in [1.82, 2.24) is 24.9 Å². The van der Waals surface area contributed by atoms with Crippen molar-refractivity contribution in [3.05, 3.63) is 47.9 Å². The molecule has 0 atom stereocenters. The first-order chi connectivity index (χ1) is 11.8. The first-order valence-electron chi connectivity index (χ1n) is 8.01. The number of benzene rings is 1. The van der Waals surface area contributed by atoms with E-state index in [1.165, 1.54) is 4.90 Å². The molecule has 3 aromatic rings. The maximum atomic E-state index is 12.6. The molecule has 2 aromatic heterocycles. The molecule has 2 heterocycles. The normalized spacial score (nSPS) is 11.7. The zero-order valence-electron chi connectivity index (χ0n) is 14.8. The van der Waals surface area contributed by atoms with Gasteiger partial charge in [-0.15, -0.1) is 5.10 Å². The van der Waals surface area contributed by atoms with Gasteiger partial charge in [-0.2, -0.15) is 0 Å². The monoisotopic (exact) mass is 339 g/mol. The molecule has 0 spiro atoms. The highest BCUT2D eigenvalue weighted by molar-refractivity contribution is 5.93. The molecule has 1 aromatic carbocycles. The number of hydrogen-bond acceptors (Lipinski definition) is 5. The van der Waals surface area contributed by atoms with Crippen LogP contribution in [0.15, 0.2) is 36.5 Å². The Labute approximate surface area is 145 Å². The number of fused-ring (bicyclic) bond motifs is 1. The van der Waals surface area contributed by atoms with Crippen LogP contribution in [0.1, 0.15) is 30.0 Å². The van der Waals surface area contributed by atoms with E-state index in [0.29, 0.717) is 5.69 Å². The molecule has 1 amide bonds. The minimum atomic E-state index is -0.973. The lowest BCUT2D eigenvalue weighted by molar-refractivity contribution is 0.0364. The lowest BCUT2D eigenvalue weighted by Gasteiger charge is -2.25. The molecule has 0 saturated carbocycles. The van der Waals surface area contributed by atoms with Gasteiger partial charge in [0.2, 0.25) is 0 Å². The van der Waals surface area contributed by atoms with Crippen LogP contribution in [0.4, 0.5) is 0 Å². The Bertz CT molecular complexity index is 927. The second-order valence-corrected chi connectivity index (χ2v) is 6.79. The van der Waals surface area contributed by atoms with E-state index in [1.807, 2.05) is 30.3 Å². The molecule has 0 unspecified atom stereocenters. The molecule has 25 heavy (non-hydrogen) atoms. The second kappa shape index (κ2) is 6.25. The van der Waals surface area contributed by atoms with Crippen LogP contribution in [0.3, 0.4) is 0 Å². The van der Waals surface area contributed by atoms with Crippen LogP contribution in [-0.2, 0) is 0 Å². The Morgan fingerprint density at radius 3 is 2.80 bits per heavy atom. The summed E-state index contributed by atoms with van der Waals surface area (Å²) in [5.74, 6) is -0.270. The van der Waals surface area contributed by atoms with Gasteiger partial charge in [-0.1, -0.05) is 11.3 Å². The maximum Gasteiger partial charge on any atom is 0.276 e. The lowest BCUT2D eigenvalue weighted by atomic mass is 10.1. The highest BCUT2D eigenvalue weighted by Gasteiger charge is 2.25. The molecule has 0 aliphatic carbocycles. The Morgan fingerprint density at radius 1 is 1.32 bits per heavy atom. The van der Waals surface area contributed by atoms with E-state index in [0.717, 1.165) is 16.6 Å². The first-order valence-corrected chi connectivity index (χ1v) is 8.01. The molecule has 7 heteroatoms. The number of pyridine rings is 1. The maximum absolute atomic E-state index is 12.6. The van der Waals surface area contributed by atoms with Crippen LogP contribution in [-0.4, -0.2) is 55.1 Å². The van der Waals surface area contributed by atoms with Gasteiger partial charge in [-0.05, 0) is 45.0 Å². The number of carbonyl (C=O) groups is 1. The summed E-state index contributed by atoms with van der Waals surface area (Å²) in [5.41, 5.74) is 1.66. The molecule has 3 rings (SSSR count). The molecule has 7 nitrogen and oxygen atoms in total. The Balaban J connectivity index is 1.93. The number of aliphatic hydroxyl groups is 1. The lowest BCUT2D eigenvalue weighted by Crippen LogP contribution is -2.40. The predicted octanol–water partition coefficient (Wildman–Crippen LogP) is 1.97. The van der Waals surface area contributed by atoms with Gasteiger partial charge in [-0.3, -0.25) is 9.78 Å². The van der Waals surface area contributed by atoms with Gasteiger partial charge in [0.15, 0.2) is 5.69 Å². The van der Waals surface area contributed by atoms with Crippen LogP contribution in [0.2, 0.25) is 0 Å². The van der Waals surface area contributed by atoms with E-state index in [2.05, 4.69) is 15.3 Å². The molecule has 1 N–H and O–H groups in total. The van der Waals surface area contributed by atoms with Crippen LogP contribution < -0.4 is 0 Å². The predicted molar refractivity (Wildman–Crippen MR) is 94.7 cm³/mol. The topological polar surface area (TPSA) is 84.1 Å². The summed E-state index contributed by atoms with van der Waals surface area (Å²) in [6.07, 6.45) is 1.75. The average molecular weight is 339 g/mol. The third-order valence-corrected chi connectivity index (χ3v) is 3.90. The fraction of sp³-hybridized carbons (Fsp3) is 0.333. The van der Waals surface area contributed by atoms with Gasteiger partial charge < -0.3 is 10.0 Å². The van der Waals surface area contributed by atoms with E-state index in [4.69, 9.17) is 0 Å². The third-order valence-electron chi connectivity index (χ3n) is 3.90. The van der Waals surface area contributed by atoms with Gasteiger partial charge in [-0.25, -0.2) is 4.68 Å². The minimum Gasteiger partial charge on any atom is -0.389 e. The zero-order chi connectivity index (χ0) is 18.2. The minimum absolute atomic E-state index is 0.208. The van der Waals surface area contributed by atoms with Crippen molar-refractivity contribution in [3.8, 4) is 5.69 Å². The smallest absolute Gasteiger partial charge is 0.276 e. The first kappa shape index (κ1) is 17.0. The summed E-state index contributed by atoms with van der Waals surface area (Å²) in [6.45, 7) is 5.32. The molecule has 0 fully saturated rings. The fourth-order valence-corrected chi connectivity index (χ4v) is 2.80. The molecule has 0 aliphatic heterocycles. The third kappa shape index (κ3) is 3.51. The molecule has 130 valence electrons. The van der Waals surface area contributed by atoms with Crippen molar-refractivity contribution < 1.29 is 9.90 Å². The standard InChI is InChI=1S/C18H21N5O2/c1-12-16(17(24)22(4)11-18(2,3)25)20-21-23(12)14-7-8-15-13(10-14)6-5-9-19-15/h5-10,25H,11H2,1-4H3. The summed E-state index contributed by atoms with van der Waals surface area (Å²) in [7, 11) is 1.64. The van der Waals surface area contributed by atoms with Gasteiger partial charge in [0.05, 0.1) is 22.5 Å². The molecular formula is C18H21N5O2. The largest absolute Gasteiger partial charge is 0.389 e. The van der Waals surface area contributed by atoms with E-state index in [-0.39, 0.29) is 18.1 Å². The van der Waals surface area contributed by atoms with Gasteiger partial charge in [0.25, 0.3) is 5.91 Å². The highest BCUT2D eigenvalue weighted by atomic mass is 16.3. The van der Waals surface area contributed by atoms with Crippen LogP contribution >= 0.6 is 0 Å². The van der Waals surface area contributed by atoms with Crippen molar-refractivity contribution in [1.29, 1.82) is 0 Å². The van der Waals surface area contributed by atoms with Crippen LogP contribution in [0.5, 0.6) is 0 Å². The summed E-state index contributed by atoms with van der Waals surface area (Å²) in [5, 5.41) is 19.1. The van der Waals surface area contributed by atoms with Crippen LogP contribution in [0, 0.1) is 6.92 Å². The summed E-state index contributed by atoms with van der Waals surface area (Å²) in [6, 6.07) is 9.61. The Kier molecular flexibility index (Phi) is 4.26. The van der Waals surface area contributed by atoms with Crippen molar-refractivity contribution in [2.45, 2.75) is 26.4 Å². The second-order valence-electron chi connectivity index (χ2n) is 6.79. The zero-order valence-corrected chi connectivity index (χ0v) is 14.8. The van der Waals surface area contributed by atoms with Crippen molar-refractivity contribution in [2.24, 2.45) is 0 Å². The summed E-state index contributed by atoms with van der Waals surface area (Å²) in [4.78, 5) is 18.3. The number of carbonyl (C=O) groups excluding carboxylic acids is 1. The van der Waals surface area contributed by atoms with Crippen molar-refractivity contribution >= 4 is 16.8 Å². The molecule has 0 saturated heterocycles. The number of hydrogen-bond donors (Lipinski definition) is 1. The molecule has 0 bridgehead atoms. The summed E-state index contributed by atoms with van der Waals surface area (Å²) >= 11 is 0. The van der Waals surface area contributed by atoms with Gasteiger partial charge >= 0.3 is 0 Å². The van der Waals surface area contributed by atoms with E-state index >= 15 is 0 Å². The summed E-state index contributed by atoms with van der Waals surface area (Å²) < 4.78 is 1.64. The number of nitrogens with zero attached hydrogens (tertiary/aromatic N) is 5. The van der Waals surface area contributed by atoms with E-state index in [9.17, 15) is 9.90 Å². The van der Waals surface area contributed by atoms with Gasteiger partial charge in [0.1, 0.15) is 0 Å². The molecule has 0 aliphatic rings. The van der Waals surface area contributed by atoms with Crippen molar-refractivity contribution in [3.63, 3.8) is 0 Å². The number of amides is 1. The SMILES string of the molecule is Cc1c(C(=O)N(C)CC(C)(C)O)nnn1-c1ccc2ncccc2c1. The number of aromatic nitrogens is 4. The van der Waals surface area contributed by atoms with Gasteiger partial charge in [0, 0.05) is 25.2 Å². The van der Waals surface area contributed by atoms with Crippen molar-refractivity contribution in [2.75, 3.05) is 13.6 Å². The Hall–Kier alpha value is -2.80. The Morgan fingerprint density at radius 2 is 2.08 bits per heavy atom. The quantitative estimate of drug-likeness (QED) is 0.785. The van der Waals surface area contributed by atoms with E-state index < -0.39 is 5.60 Å². The average Bonchev–Trinajstić information content (AvgIpc) is 2.93.